The number of nitrogen functional groups attached to an aromatic ring is 1. The van der Waals surface area contributed by atoms with Crippen molar-refractivity contribution in [1.29, 1.82) is 0 Å². The number of rotatable bonds is 8. The zero-order chi connectivity index (χ0) is 47.1. The largest absolute Gasteiger partial charge is 0.0622 e. The summed E-state index contributed by atoms with van der Waals surface area (Å²) in [6.45, 7) is 0. The van der Waals surface area contributed by atoms with E-state index < -0.39 is 35.3 Å². The van der Waals surface area contributed by atoms with Gasteiger partial charge in [-0.25, -0.2) is 0 Å². The summed E-state index contributed by atoms with van der Waals surface area (Å²) in [4.78, 5) is 0. The van der Waals surface area contributed by atoms with Gasteiger partial charge in [-0.05, 0) is 92.5 Å². The van der Waals surface area contributed by atoms with E-state index in [-0.39, 0.29) is 25.2 Å². The minimum atomic E-state index is -11.2. The van der Waals surface area contributed by atoms with Crippen LogP contribution in [0.15, 0.2) is 243 Å². The van der Waals surface area contributed by atoms with Crippen molar-refractivity contribution in [2.24, 2.45) is 0 Å². The zero-order valence-electron chi connectivity index (χ0n) is 36.1. The number of benzene rings is 10. The van der Waals surface area contributed by atoms with Gasteiger partial charge in [0.1, 0.15) is 5.75 Å². The molecule has 10 rings (SSSR count). The maximum absolute atomic E-state index is 11.2. The van der Waals surface area contributed by atoms with Gasteiger partial charge < -0.3 is 10.8 Å². The first-order valence-electron chi connectivity index (χ1n) is 21.1. The summed E-state index contributed by atoms with van der Waals surface area (Å²) >= 11 is -11.2. The third-order valence-electron chi connectivity index (χ3n) is 10.8. The van der Waals surface area contributed by atoms with Crippen LogP contribution in [0.5, 0.6) is 5.75 Å². The van der Waals surface area contributed by atoms with Gasteiger partial charge in [-0.15, -0.1) is 0 Å². The Labute approximate surface area is 409 Å². The molecule has 2 nitrogen and oxygen atoms in total. The SMILES string of the molecule is Nc1ccc2ccccc2c1-c1c(O)ccc2ccccc12.[F][Sb-]([F])([F])([F])([F])[F].[Rh].c1ccc(P(c2ccccc2)c2ccccc2-c2ccccc2P(c2ccccc2)c2ccccc2)cc1. The van der Waals surface area contributed by atoms with E-state index >= 15 is 0 Å². The number of halogens is 6. The molecule has 0 unspecified atom stereocenters. The van der Waals surface area contributed by atoms with Crippen molar-refractivity contribution in [2.75, 3.05) is 5.73 Å². The van der Waals surface area contributed by atoms with Crippen LogP contribution in [0.2, 0.25) is 0 Å². The van der Waals surface area contributed by atoms with Crippen LogP contribution in [-0.2, 0) is 19.5 Å². The second-order valence-electron chi connectivity index (χ2n) is 15.4. The number of phenolic OH excluding ortho intramolecular Hbond substituents is 1. The zero-order valence-corrected chi connectivity index (χ0v) is 42.0. The molecule has 0 aliphatic carbocycles. The predicted molar refractivity (Wildman–Crippen MR) is 275 cm³/mol. The molecular weight excluding hydrogens is 1100 g/mol. The molecule has 0 aliphatic heterocycles. The molecule has 0 atom stereocenters. The topological polar surface area (TPSA) is 46.2 Å². The number of nitrogens with two attached hydrogens (primary N) is 1. The summed E-state index contributed by atoms with van der Waals surface area (Å²) in [5, 5.41) is 23.0. The summed E-state index contributed by atoms with van der Waals surface area (Å²) in [5.74, 6) is 0.252. The van der Waals surface area contributed by atoms with Crippen LogP contribution in [0.4, 0.5) is 22.6 Å². The van der Waals surface area contributed by atoms with Crippen molar-refractivity contribution >= 4 is 94.4 Å². The molecule has 10 aromatic carbocycles. The van der Waals surface area contributed by atoms with Crippen molar-refractivity contribution in [3.8, 4) is 28.0 Å². The van der Waals surface area contributed by atoms with Crippen LogP contribution in [0.25, 0.3) is 43.8 Å². The second-order valence-corrected chi connectivity index (χ2v) is 25.3. The molecule has 3 N–H and O–H groups in total. The normalized spacial score (nSPS) is 12.2. The van der Waals surface area contributed by atoms with E-state index in [1.807, 2.05) is 60.7 Å². The molecule has 10 aromatic rings. The van der Waals surface area contributed by atoms with Gasteiger partial charge in [0.25, 0.3) is 0 Å². The van der Waals surface area contributed by atoms with Crippen molar-refractivity contribution in [2.45, 2.75) is 0 Å². The number of anilines is 1. The van der Waals surface area contributed by atoms with Gasteiger partial charge >= 0.3 is 36.4 Å². The first kappa shape index (κ1) is 50.1. The average molecular weight is 1150 g/mol. The van der Waals surface area contributed by atoms with E-state index in [4.69, 9.17) is 5.73 Å². The minimum Gasteiger partial charge on any atom is -0.0622 e. The van der Waals surface area contributed by atoms with E-state index in [2.05, 4.69) is 176 Å². The minimum absolute atomic E-state index is 0. The fourth-order valence-corrected chi connectivity index (χ4v) is 13.0. The summed E-state index contributed by atoms with van der Waals surface area (Å²) in [6.07, 6.45) is 0. The Kier molecular flexibility index (Phi) is 15.3. The molecule has 0 aliphatic rings. The Morgan fingerprint density at radius 2 is 0.632 bits per heavy atom. The van der Waals surface area contributed by atoms with Crippen LogP contribution >= 0.6 is 15.8 Å². The number of fused-ring (bicyclic) bond motifs is 2. The molecule has 0 heterocycles. The second kappa shape index (κ2) is 20.8. The van der Waals surface area contributed by atoms with Crippen LogP contribution in [0.1, 0.15) is 0 Å². The molecule has 345 valence electrons. The van der Waals surface area contributed by atoms with E-state index in [0.717, 1.165) is 32.7 Å². The Morgan fingerprint density at radius 3 is 1.01 bits per heavy atom. The molecular formula is C56H43F6NOP2RhSb-. The van der Waals surface area contributed by atoms with Gasteiger partial charge in [0, 0.05) is 36.3 Å². The van der Waals surface area contributed by atoms with E-state index in [0.29, 0.717) is 5.69 Å². The molecule has 0 aromatic heterocycles. The maximum Gasteiger partial charge on any atom is 0 e. The third-order valence-corrected chi connectivity index (χ3v) is 15.8. The van der Waals surface area contributed by atoms with E-state index in [1.165, 1.54) is 43.0 Å². The molecule has 0 bridgehead atoms. The summed E-state index contributed by atoms with van der Waals surface area (Å²) in [5.41, 5.74) is 11.3. The Bertz CT molecular complexity index is 2980. The Balaban J connectivity index is 0.000000192. The van der Waals surface area contributed by atoms with Gasteiger partial charge in [-0.1, -0.05) is 231 Å². The number of phenols is 1. The molecule has 0 spiro atoms. The Morgan fingerprint density at radius 1 is 0.338 bits per heavy atom. The summed E-state index contributed by atoms with van der Waals surface area (Å²) < 4.78 is 59.6. The monoisotopic (exact) mass is 1150 g/mol. The maximum atomic E-state index is 10.5. The number of aromatic hydroxyl groups is 1. The fourth-order valence-electron chi connectivity index (χ4n) is 8.05. The van der Waals surface area contributed by atoms with Crippen molar-refractivity contribution < 1.29 is 41.5 Å². The smallest absolute Gasteiger partial charge is 0 e. The standard InChI is InChI=1S/C36H28P2.C20H15NO.6FH.Rh.Sb/c1-5-17-29(18-6-1)37(30-19-7-2-8-20-30)35-27-15-13-25-33(35)34-26-14-16-28-36(34)38(31-21-9-3-10-22-31)32-23-11-4-12-24-32;21-17-11-9-13-5-1-3-7-15(13)19(17)20-16-8-4-2-6-14(16)10-12-18(20)22;;;;;;;;/h1-28H;1-12,22H,21H2;6*1H;;/q;;;;;;;;;+5/p-6. The van der Waals surface area contributed by atoms with E-state index in [9.17, 15) is 22.0 Å². The first-order valence-corrected chi connectivity index (χ1v) is 29.6. The fraction of sp³-hybridized carbons (Fsp3) is 0. The molecule has 0 saturated heterocycles. The van der Waals surface area contributed by atoms with Crippen LogP contribution in [0, 0.1) is 0 Å². The molecule has 68 heavy (non-hydrogen) atoms. The first-order chi connectivity index (χ1) is 32.1. The molecule has 0 amide bonds. The summed E-state index contributed by atoms with van der Waals surface area (Å²) in [7, 11) is -1.45. The Hall–Kier alpha value is -5.80. The molecule has 12 heteroatoms. The quantitative estimate of drug-likeness (QED) is 0.0689. The van der Waals surface area contributed by atoms with Gasteiger partial charge in [0.2, 0.25) is 0 Å². The van der Waals surface area contributed by atoms with E-state index in [1.54, 1.807) is 6.07 Å². The number of hydrogen-bond acceptors (Lipinski definition) is 2. The van der Waals surface area contributed by atoms with Crippen molar-refractivity contribution in [1.82, 2.24) is 0 Å². The number of hydrogen-bond donors (Lipinski definition) is 2. The van der Waals surface area contributed by atoms with Gasteiger partial charge in [0.15, 0.2) is 0 Å². The van der Waals surface area contributed by atoms with Gasteiger partial charge in [-0.3, -0.25) is 0 Å². The van der Waals surface area contributed by atoms with Crippen molar-refractivity contribution in [3.05, 3.63) is 243 Å². The third kappa shape index (κ3) is 12.8. The molecule has 1 radical (unpaired) electrons. The predicted octanol–water partition coefficient (Wildman–Crippen LogP) is 14.0. The van der Waals surface area contributed by atoms with Gasteiger partial charge in [-0.2, -0.15) is 0 Å². The van der Waals surface area contributed by atoms with Crippen LogP contribution in [0.3, 0.4) is 0 Å². The summed E-state index contributed by atoms with van der Waals surface area (Å²) in [6, 6.07) is 85.7. The van der Waals surface area contributed by atoms with Crippen molar-refractivity contribution in [3.63, 3.8) is 0 Å². The van der Waals surface area contributed by atoms with Crippen LogP contribution in [-0.4, -0.2) is 24.6 Å². The molecule has 0 fully saturated rings. The average Bonchev–Trinajstić information content (AvgIpc) is 3.33. The molecule has 0 saturated carbocycles. The van der Waals surface area contributed by atoms with Crippen LogP contribution < -0.4 is 37.6 Å². The van der Waals surface area contributed by atoms with Gasteiger partial charge in [0.05, 0.1) is 0 Å².